The van der Waals surface area contributed by atoms with Crippen LogP contribution in [-0.2, 0) is 14.8 Å². The maximum absolute atomic E-state index is 12.8. The summed E-state index contributed by atoms with van der Waals surface area (Å²) in [6.07, 6.45) is 9.45. The van der Waals surface area contributed by atoms with E-state index >= 15 is 0 Å². The number of allylic oxidation sites excluding steroid dienone is 2. The first-order valence-corrected chi connectivity index (χ1v) is 10.1. The van der Waals surface area contributed by atoms with Crippen molar-refractivity contribution in [3.8, 4) is 0 Å². The lowest BCUT2D eigenvalue weighted by Crippen LogP contribution is -2.44. The molecule has 1 spiro atoms. The average molecular weight is 323 g/mol. The Hall–Kier alpha value is -0.840. The molecule has 0 radical (unpaired) electrons. The van der Waals surface area contributed by atoms with Gasteiger partial charge in [0.15, 0.2) is 0 Å². The van der Waals surface area contributed by atoms with Crippen LogP contribution in [0.3, 0.4) is 0 Å². The third kappa shape index (κ3) is 1.69. The summed E-state index contributed by atoms with van der Waals surface area (Å²) in [5.74, 6) is 0.808. The second-order valence-corrected chi connectivity index (χ2v) is 10.1. The molecule has 2 saturated carbocycles. The van der Waals surface area contributed by atoms with Crippen LogP contribution in [0.15, 0.2) is 12.2 Å². The molecule has 1 unspecified atom stereocenters. The van der Waals surface area contributed by atoms with E-state index in [2.05, 4.69) is 26.0 Å². The molecule has 1 saturated heterocycles. The Kier molecular flexibility index (Phi) is 2.93. The Labute approximate surface area is 133 Å². The molecule has 122 valence electrons. The van der Waals surface area contributed by atoms with Crippen molar-refractivity contribution in [1.29, 1.82) is 0 Å². The number of amides is 1. The zero-order chi connectivity index (χ0) is 15.8. The maximum atomic E-state index is 12.8. The highest BCUT2D eigenvalue weighted by atomic mass is 32.2. The summed E-state index contributed by atoms with van der Waals surface area (Å²) in [5, 5.41) is 0. The van der Waals surface area contributed by atoms with Gasteiger partial charge in [0.25, 0.3) is 0 Å². The largest absolute Gasteiger partial charge is 0.274 e. The van der Waals surface area contributed by atoms with E-state index in [1.807, 2.05) is 0 Å². The van der Waals surface area contributed by atoms with E-state index in [1.54, 1.807) is 0 Å². The summed E-state index contributed by atoms with van der Waals surface area (Å²) in [4.78, 5) is 12.8. The number of rotatable bonds is 2. The fraction of sp³-hybridized carbons (Fsp3) is 0.824. The smallest absolute Gasteiger partial charge is 0.238 e. The van der Waals surface area contributed by atoms with Crippen molar-refractivity contribution >= 4 is 15.9 Å². The fourth-order valence-corrected chi connectivity index (χ4v) is 8.36. The van der Waals surface area contributed by atoms with Crippen molar-refractivity contribution in [2.45, 2.75) is 58.4 Å². The van der Waals surface area contributed by atoms with Crippen LogP contribution in [0.25, 0.3) is 0 Å². The Morgan fingerprint density at radius 3 is 2.73 bits per heavy atom. The van der Waals surface area contributed by atoms with Crippen LogP contribution in [-0.4, -0.2) is 30.4 Å². The van der Waals surface area contributed by atoms with E-state index in [9.17, 15) is 13.2 Å². The SMILES string of the molecule is CC1(C)[C@@H]2CC[C@@]13CS(=O)(=O)N(C(=O)CC1C=CCC1)[C@@H]3C2. The Balaban J connectivity index is 1.66. The van der Waals surface area contributed by atoms with Gasteiger partial charge in [-0.15, -0.1) is 0 Å². The van der Waals surface area contributed by atoms with Crippen LogP contribution < -0.4 is 0 Å². The monoisotopic (exact) mass is 323 g/mol. The number of carbonyl (C=O) groups excluding carboxylic acids is 1. The number of fused-ring (bicyclic) bond motifs is 1. The minimum Gasteiger partial charge on any atom is -0.274 e. The molecule has 3 fully saturated rings. The first-order chi connectivity index (χ1) is 10.3. The van der Waals surface area contributed by atoms with E-state index in [4.69, 9.17) is 0 Å². The van der Waals surface area contributed by atoms with Gasteiger partial charge in [-0.05, 0) is 49.4 Å². The summed E-state index contributed by atoms with van der Waals surface area (Å²) in [6.45, 7) is 4.43. The van der Waals surface area contributed by atoms with Crippen LogP contribution in [0.5, 0.6) is 0 Å². The summed E-state index contributed by atoms with van der Waals surface area (Å²) in [6, 6.07) is -0.0795. The van der Waals surface area contributed by atoms with E-state index in [0.717, 1.165) is 32.1 Å². The zero-order valence-electron chi connectivity index (χ0n) is 13.4. The highest BCUT2D eigenvalue weighted by Crippen LogP contribution is 2.70. The molecule has 22 heavy (non-hydrogen) atoms. The molecular weight excluding hydrogens is 298 g/mol. The van der Waals surface area contributed by atoms with Gasteiger partial charge in [0.1, 0.15) is 0 Å². The predicted molar refractivity (Wildman–Crippen MR) is 84.5 cm³/mol. The van der Waals surface area contributed by atoms with Crippen molar-refractivity contribution in [3.63, 3.8) is 0 Å². The second kappa shape index (κ2) is 4.37. The van der Waals surface area contributed by atoms with Crippen LogP contribution in [0.4, 0.5) is 0 Å². The van der Waals surface area contributed by atoms with Crippen molar-refractivity contribution in [2.24, 2.45) is 22.7 Å². The van der Waals surface area contributed by atoms with Crippen molar-refractivity contribution < 1.29 is 13.2 Å². The number of hydrogen-bond acceptors (Lipinski definition) is 3. The lowest BCUT2D eigenvalue weighted by Gasteiger charge is -2.37. The molecule has 5 heteroatoms. The maximum Gasteiger partial charge on any atom is 0.238 e. The van der Waals surface area contributed by atoms with E-state index in [0.29, 0.717) is 12.3 Å². The highest BCUT2D eigenvalue weighted by Gasteiger charge is 2.72. The highest BCUT2D eigenvalue weighted by molar-refractivity contribution is 7.90. The molecule has 4 aliphatic rings. The number of sulfonamides is 1. The van der Waals surface area contributed by atoms with Crippen LogP contribution in [0.2, 0.25) is 0 Å². The number of carbonyl (C=O) groups is 1. The average Bonchev–Trinajstić information content (AvgIpc) is 3.09. The van der Waals surface area contributed by atoms with E-state index in [1.165, 1.54) is 4.31 Å². The molecule has 0 aromatic heterocycles. The topological polar surface area (TPSA) is 54.5 Å². The van der Waals surface area contributed by atoms with E-state index in [-0.39, 0.29) is 34.4 Å². The quantitative estimate of drug-likeness (QED) is 0.734. The molecule has 0 aromatic carbocycles. The molecule has 3 aliphatic carbocycles. The fourth-order valence-electron chi connectivity index (χ4n) is 5.80. The molecule has 2 bridgehead atoms. The Bertz CT molecular complexity index is 651. The zero-order valence-corrected chi connectivity index (χ0v) is 14.2. The minimum absolute atomic E-state index is 0.0347. The summed E-state index contributed by atoms with van der Waals surface area (Å²) in [7, 11) is -3.44. The Morgan fingerprint density at radius 1 is 1.32 bits per heavy atom. The van der Waals surface area contributed by atoms with Crippen LogP contribution >= 0.6 is 0 Å². The number of hydrogen-bond donors (Lipinski definition) is 0. The molecule has 4 atom stereocenters. The normalized spacial score (nSPS) is 43.7. The molecule has 1 heterocycles. The molecule has 1 amide bonds. The van der Waals surface area contributed by atoms with Gasteiger partial charge in [0.05, 0.1) is 11.8 Å². The first-order valence-electron chi connectivity index (χ1n) is 8.49. The van der Waals surface area contributed by atoms with Crippen molar-refractivity contribution in [1.82, 2.24) is 4.31 Å². The molecule has 0 aromatic rings. The first kappa shape index (κ1) is 14.7. The van der Waals surface area contributed by atoms with Crippen molar-refractivity contribution in [3.05, 3.63) is 12.2 Å². The van der Waals surface area contributed by atoms with E-state index < -0.39 is 10.0 Å². The summed E-state index contributed by atoms with van der Waals surface area (Å²) >= 11 is 0. The standard InChI is InChI=1S/C17H25NO3S/c1-16(2)13-7-8-17(16)11-22(20,21)18(14(17)10-13)15(19)9-12-5-3-4-6-12/h3,5,12-14H,4,6-11H2,1-2H3/t12?,13-,14-,17+/m1/s1. The van der Waals surface area contributed by atoms with Gasteiger partial charge >= 0.3 is 0 Å². The van der Waals surface area contributed by atoms with Gasteiger partial charge in [-0.25, -0.2) is 12.7 Å². The van der Waals surface area contributed by atoms with Crippen LogP contribution in [0, 0.1) is 22.7 Å². The third-order valence-electron chi connectivity index (χ3n) is 7.21. The molecule has 0 N–H and O–H groups in total. The lowest BCUT2D eigenvalue weighted by atomic mass is 9.69. The molecule has 4 rings (SSSR count). The van der Waals surface area contributed by atoms with Crippen molar-refractivity contribution in [2.75, 3.05) is 5.75 Å². The molecular formula is C17H25NO3S. The number of nitrogens with zero attached hydrogens (tertiary/aromatic N) is 1. The molecule has 4 nitrogen and oxygen atoms in total. The van der Waals surface area contributed by atoms with Crippen LogP contribution in [0.1, 0.15) is 52.4 Å². The minimum atomic E-state index is -3.44. The Morgan fingerprint density at radius 2 is 2.09 bits per heavy atom. The summed E-state index contributed by atoms with van der Waals surface area (Å²) < 4.78 is 26.8. The lowest BCUT2D eigenvalue weighted by molar-refractivity contribution is -0.129. The van der Waals surface area contributed by atoms with Gasteiger partial charge in [-0.3, -0.25) is 4.79 Å². The van der Waals surface area contributed by atoms with Gasteiger partial charge in [-0.1, -0.05) is 26.0 Å². The second-order valence-electron chi connectivity index (χ2n) is 8.28. The van der Waals surface area contributed by atoms with Gasteiger partial charge in [0, 0.05) is 11.8 Å². The predicted octanol–water partition coefficient (Wildman–Crippen LogP) is 2.71. The molecule has 1 aliphatic heterocycles. The summed E-state index contributed by atoms with van der Waals surface area (Å²) in [5.41, 5.74) is -0.162. The van der Waals surface area contributed by atoms with Gasteiger partial charge < -0.3 is 0 Å². The third-order valence-corrected chi connectivity index (χ3v) is 9.14. The van der Waals surface area contributed by atoms with Gasteiger partial charge in [0.2, 0.25) is 15.9 Å². The van der Waals surface area contributed by atoms with Gasteiger partial charge in [-0.2, -0.15) is 0 Å².